The summed E-state index contributed by atoms with van der Waals surface area (Å²) in [5.41, 5.74) is 1.39. The number of aryl methyl sites for hydroxylation is 1. The zero-order valence-corrected chi connectivity index (χ0v) is 25.6. The molecule has 13 nitrogen and oxygen atoms in total. The second kappa shape index (κ2) is 13.4. The lowest BCUT2D eigenvalue weighted by Crippen LogP contribution is -2.63. The normalized spacial score (nSPS) is 20.9. The largest absolute Gasteiger partial charge is 0.463 e. The summed E-state index contributed by atoms with van der Waals surface area (Å²) in [5.74, 6) is -2.48. The van der Waals surface area contributed by atoms with Crippen LogP contribution < -0.4 is 10.2 Å². The van der Waals surface area contributed by atoms with Gasteiger partial charge in [0.15, 0.2) is 12.2 Å². The number of carbonyl (C=O) groups excluding carboxylic acids is 4. The van der Waals surface area contributed by atoms with Crippen molar-refractivity contribution in [2.75, 3.05) is 6.61 Å². The van der Waals surface area contributed by atoms with Gasteiger partial charge in [-0.1, -0.05) is 24.3 Å². The SMILES string of the molecule is CC(=O)OC[C@@H]1O[C@H](Oc2ccc3c(=O)c(-c4ccc5ccccc5n4)c(C)oc3c2)[C@@H](OC(C)=O)[C@H](OC(C)=O)[C@H]1OC(C)=O. The van der Waals surface area contributed by atoms with Crippen LogP contribution in [0.5, 0.6) is 5.75 Å². The summed E-state index contributed by atoms with van der Waals surface area (Å²) in [6.07, 6.45) is -6.80. The number of fused-ring (bicyclic) bond motifs is 2. The van der Waals surface area contributed by atoms with Gasteiger partial charge in [-0.3, -0.25) is 24.0 Å². The van der Waals surface area contributed by atoms with E-state index in [1.165, 1.54) is 25.1 Å². The van der Waals surface area contributed by atoms with Gasteiger partial charge < -0.3 is 32.8 Å². The standard InChI is InChI=1S/C33H31NO12/c1-16-28(25-13-10-21-8-6-7-9-24(21)34-25)29(39)23-12-11-22(14-26(23)41-16)45-33-32(44-20(5)38)31(43-19(4)37)30(42-18(3)36)27(46-33)15-40-17(2)35/h6-14,27,30-33H,15H2,1-5H3/t27-,30-,31+,32-,33-/m0/s1. The molecular formula is C33H31NO12. The number of pyridine rings is 1. The van der Waals surface area contributed by atoms with E-state index in [4.69, 9.17) is 32.8 Å². The molecule has 0 unspecified atom stereocenters. The molecule has 1 aliphatic heterocycles. The van der Waals surface area contributed by atoms with Crippen LogP contribution in [-0.4, -0.2) is 66.2 Å². The molecule has 4 aromatic rings. The van der Waals surface area contributed by atoms with E-state index in [0.29, 0.717) is 17.0 Å². The van der Waals surface area contributed by atoms with E-state index < -0.39 is 61.2 Å². The van der Waals surface area contributed by atoms with Gasteiger partial charge in [0, 0.05) is 39.1 Å². The molecule has 5 rings (SSSR count). The number of ether oxygens (including phenoxy) is 6. The van der Waals surface area contributed by atoms with Gasteiger partial charge in [-0.25, -0.2) is 4.98 Å². The van der Waals surface area contributed by atoms with Gasteiger partial charge in [-0.05, 0) is 31.2 Å². The van der Waals surface area contributed by atoms with Gasteiger partial charge in [0.05, 0.1) is 22.2 Å². The summed E-state index contributed by atoms with van der Waals surface area (Å²) < 4.78 is 39.5. The first-order valence-electron chi connectivity index (χ1n) is 14.3. The van der Waals surface area contributed by atoms with Gasteiger partial charge in [-0.2, -0.15) is 0 Å². The first kappa shape index (κ1) is 32.1. The van der Waals surface area contributed by atoms with E-state index in [1.54, 1.807) is 13.0 Å². The average Bonchev–Trinajstić information content (AvgIpc) is 2.98. The number of carbonyl (C=O) groups is 4. The molecule has 46 heavy (non-hydrogen) atoms. The molecule has 3 heterocycles. The van der Waals surface area contributed by atoms with Crippen LogP contribution in [0.4, 0.5) is 0 Å². The fourth-order valence-corrected chi connectivity index (χ4v) is 5.28. The van der Waals surface area contributed by atoms with Crippen LogP contribution in [0.1, 0.15) is 33.5 Å². The third kappa shape index (κ3) is 6.99. The molecule has 1 aliphatic rings. The predicted octanol–water partition coefficient (Wildman–Crippen LogP) is 3.78. The number of rotatable bonds is 8. The van der Waals surface area contributed by atoms with Crippen molar-refractivity contribution < 1.29 is 52.0 Å². The molecule has 2 aromatic heterocycles. The monoisotopic (exact) mass is 633 g/mol. The Morgan fingerprint density at radius 2 is 1.48 bits per heavy atom. The Bertz CT molecular complexity index is 1880. The lowest BCUT2D eigenvalue weighted by molar-refractivity contribution is -0.288. The van der Waals surface area contributed by atoms with Gasteiger partial charge in [0.2, 0.25) is 17.8 Å². The highest BCUT2D eigenvalue weighted by Gasteiger charge is 2.53. The maximum Gasteiger partial charge on any atom is 0.303 e. The van der Waals surface area contributed by atoms with Crippen molar-refractivity contribution in [3.8, 4) is 17.0 Å². The highest BCUT2D eigenvalue weighted by molar-refractivity contribution is 5.86. The predicted molar refractivity (Wildman–Crippen MR) is 161 cm³/mol. The van der Waals surface area contributed by atoms with Crippen LogP contribution in [0.3, 0.4) is 0 Å². The van der Waals surface area contributed by atoms with E-state index >= 15 is 0 Å². The van der Waals surface area contributed by atoms with Crippen LogP contribution in [-0.2, 0) is 42.9 Å². The van der Waals surface area contributed by atoms with Gasteiger partial charge in [0.25, 0.3) is 0 Å². The van der Waals surface area contributed by atoms with Crippen molar-refractivity contribution in [2.24, 2.45) is 0 Å². The van der Waals surface area contributed by atoms with Crippen LogP contribution >= 0.6 is 0 Å². The summed E-state index contributed by atoms with van der Waals surface area (Å²) in [6.45, 7) is 5.80. The first-order valence-corrected chi connectivity index (χ1v) is 14.3. The Kier molecular flexibility index (Phi) is 9.33. The van der Waals surface area contributed by atoms with Crippen molar-refractivity contribution in [3.05, 3.63) is 70.6 Å². The molecule has 13 heteroatoms. The van der Waals surface area contributed by atoms with Crippen LogP contribution in [0.2, 0.25) is 0 Å². The molecular weight excluding hydrogens is 602 g/mol. The number of benzene rings is 2. The zero-order chi connectivity index (χ0) is 33.1. The summed E-state index contributed by atoms with van der Waals surface area (Å²) >= 11 is 0. The summed E-state index contributed by atoms with van der Waals surface area (Å²) in [4.78, 5) is 66.1. The summed E-state index contributed by atoms with van der Waals surface area (Å²) in [6, 6.07) is 15.6. The number of nitrogens with zero attached hydrogens (tertiary/aromatic N) is 1. The Morgan fingerprint density at radius 3 is 2.17 bits per heavy atom. The lowest BCUT2D eigenvalue weighted by Gasteiger charge is -2.43. The number of esters is 4. The molecule has 0 amide bonds. The van der Waals surface area contributed by atoms with E-state index in [-0.39, 0.29) is 22.1 Å². The fraction of sp³-hybridized carbons (Fsp3) is 0.333. The quantitative estimate of drug-likeness (QED) is 0.203. The summed E-state index contributed by atoms with van der Waals surface area (Å²) in [7, 11) is 0. The first-order chi connectivity index (χ1) is 21.9. The number of aromatic nitrogens is 1. The van der Waals surface area contributed by atoms with Gasteiger partial charge in [0.1, 0.15) is 29.8 Å². The van der Waals surface area contributed by atoms with Crippen LogP contribution in [0.25, 0.3) is 33.1 Å². The lowest BCUT2D eigenvalue weighted by atomic mass is 9.98. The molecule has 1 saturated heterocycles. The van der Waals surface area contributed by atoms with Crippen molar-refractivity contribution in [3.63, 3.8) is 0 Å². The third-order valence-electron chi connectivity index (χ3n) is 7.09. The molecule has 0 radical (unpaired) electrons. The number of para-hydroxylation sites is 1. The van der Waals surface area contributed by atoms with Crippen LogP contribution in [0, 0.1) is 6.92 Å². The molecule has 0 saturated carbocycles. The van der Waals surface area contributed by atoms with Crippen molar-refractivity contribution >= 4 is 45.7 Å². The van der Waals surface area contributed by atoms with E-state index in [0.717, 1.165) is 31.7 Å². The van der Waals surface area contributed by atoms with Crippen molar-refractivity contribution in [1.82, 2.24) is 4.98 Å². The third-order valence-corrected chi connectivity index (χ3v) is 7.09. The minimum Gasteiger partial charge on any atom is -0.463 e. The minimum atomic E-state index is -1.45. The van der Waals surface area contributed by atoms with Gasteiger partial charge >= 0.3 is 23.9 Å². The molecule has 0 aliphatic carbocycles. The smallest absolute Gasteiger partial charge is 0.303 e. The summed E-state index contributed by atoms with van der Waals surface area (Å²) in [5, 5.41) is 1.18. The van der Waals surface area contributed by atoms with E-state index in [9.17, 15) is 24.0 Å². The highest BCUT2D eigenvalue weighted by atomic mass is 16.7. The van der Waals surface area contributed by atoms with Crippen molar-refractivity contribution in [2.45, 2.75) is 65.3 Å². The Hall–Kier alpha value is -5.30. The second-order valence-corrected chi connectivity index (χ2v) is 10.6. The number of hydrogen-bond acceptors (Lipinski definition) is 13. The van der Waals surface area contributed by atoms with Crippen LogP contribution in [0.15, 0.2) is 63.8 Å². The molecule has 0 spiro atoms. The molecule has 5 atom stereocenters. The van der Waals surface area contributed by atoms with Gasteiger partial charge in [-0.15, -0.1) is 0 Å². The maximum absolute atomic E-state index is 13.6. The molecule has 240 valence electrons. The Labute approximate surface area is 262 Å². The van der Waals surface area contributed by atoms with Crippen molar-refractivity contribution in [1.29, 1.82) is 0 Å². The molecule has 2 aromatic carbocycles. The Balaban J connectivity index is 1.51. The topological polar surface area (TPSA) is 167 Å². The minimum absolute atomic E-state index is 0.132. The molecule has 0 N–H and O–H groups in total. The molecule has 0 bridgehead atoms. The molecule has 1 fully saturated rings. The Morgan fingerprint density at radius 1 is 0.804 bits per heavy atom. The second-order valence-electron chi connectivity index (χ2n) is 10.6. The van der Waals surface area contributed by atoms with E-state index in [2.05, 4.69) is 4.98 Å². The fourth-order valence-electron chi connectivity index (χ4n) is 5.28. The van der Waals surface area contributed by atoms with E-state index in [1.807, 2.05) is 30.3 Å². The number of hydrogen-bond donors (Lipinski definition) is 0. The maximum atomic E-state index is 13.6. The highest BCUT2D eigenvalue weighted by Crippen LogP contribution is 2.32. The zero-order valence-electron chi connectivity index (χ0n) is 25.6. The average molecular weight is 634 g/mol.